The Morgan fingerprint density at radius 2 is 1.70 bits per heavy atom. The van der Waals surface area contributed by atoms with Crippen molar-refractivity contribution in [3.05, 3.63) is 70.2 Å². The number of benzene rings is 2. The van der Waals surface area contributed by atoms with Crippen molar-refractivity contribution in [1.29, 1.82) is 0 Å². The van der Waals surface area contributed by atoms with Crippen LogP contribution >= 0.6 is 23.2 Å². The highest BCUT2D eigenvalue weighted by molar-refractivity contribution is 6.35. The van der Waals surface area contributed by atoms with Crippen LogP contribution in [0.15, 0.2) is 54.6 Å². The van der Waals surface area contributed by atoms with Crippen molar-refractivity contribution in [1.82, 2.24) is 4.98 Å². The first kappa shape index (κ1) is 13.2. The molecule has 0 saturated carbocycles. The molecule has 1 N–H and O–H groups in total. The molecule has 1 heterocycles. The summed E-state index contributed by atoms with van der Waals surface area (Å²) in [6.07, 6.45) is 0. The van der Waals surface area contributed by atoms with Gasteiger partial charge >= 0.3 is 0 Å². The van der Waals surface area contributed by atoms with Crippen LogP contribution in [0.3, 0.4) is 0 Å². The molecule has 0 aliphatic carbocycles. The second kappa shape index (κ2) is 5.70. The van der Waals surface area contributed by atoms with Gasteiger partial charge in [0.1, 0.15) is 5.82 Å². The van der Waals surface area contributed by atoms with Crippen LogP contribution in [0, 0.1) is 0 Å². The van der Waals surface area contributed by atoms with Gasteiger partial charge in [-0.1, -0.05) is 53.5 Å². The molecule has 0 aliphatic rings. The minimum atomic E-state index is 0.679. The van der Waals surface area contributed by atoms with Gasteiger partial charge in [-0.25, -0.2) is 4.98 Å². The van der Waals surface area contributed by atoms with E-state index >= 15 is 0 Å². The summed E-state index contributed by atoms with van der Waals surface area (Å²) in [6, 6.07) is 17.4. The molecule has 100 valence electrons. The fourth-order valence-electron chi connectivity index (χ4n) is 2.02. The van der Waals surface area contributed by atoms with Crippen molar-refractivity contribution >= 4 is 39.9 Å². The zero-order valence-electron chi connectivity index (χ0n) is 10.6. The third-order valence-corrected chi connectivity index (χ3v) is 3.62. The highest BCUT2D eigenvalue weighted by Crippen LogP contribution is 2.25. The van der Waals surface area contributed by atoms with Gasteiger partial charge < -0.3 is 5.32 Å². The largest absolute Gasteiger partial charge is 0.366 e. The number of nitrogens with zero attached hydrogens (tertiary/aromatic N) is 1. The number of fused-ring (bicyclic) bond motifs is 1. The summed E-state index contributed by atoms with van der Waals surface area (Å²) in [6.45, 7) is 0.679. The molecule has 0 radical (unpaired) electrons. The number of nitrogens with one attached hydrogen (secondary N) is 1. The van der Waals surface area contributed by atoms with Gasteiger partial charge in [0.2, 0.25) is 0 Å². The maximum absolute atomic E-state index is 6.27. The number of para-hydroxylation sites is 1. The maximum atomic E-state index is 6.27. The van der Waals surface area contributed by atoms with E-state index in [4.69, 9.17) is 23.2 Å². The first-order chi connectivity index (χ1) is 9.72. The fourth-order valence-corrected chi connectivity index (χ4v) is 2.41. The Balaban J connectivity index is 1.82. The zero-order chi connectivity index (χ0) is 13.9. The molecule has 0 atom stereocenters. The minimum Gasteiger partial charge on any atom is -0.366 e. The second-order valence-corrected chi connectivity index (χ2v) is 5.33. The summed E-state index contributed by atoms with van der Waals surface area (Å²) < 4.78 is 0. The molecular weight excluding hydrogens is 291 g/mol. The lowest BCUT2D eigenvalue weighted by Gasteiger charge is -2.08. The van der Waals surface area contributed by atoms with Crippen molar-refractivity contribution in [2.45, 2.75) is 6.54 Å². The van der Waals surface area contributed by atoms with E-state index in [2.05, 4.69) is 10.3 Å². The lowest BCUT2D eigenvalue weighted by Crippen LogP contribution is -2.01. The Morgan fingerprint density at radius 1 is 0.950 bits per heavy atom. The van der Waals surface area contributed by atoms with Gasteiger partial charge in [0.05, 0.1) is 10.5 Å². The molecule has 0 bridgehead atoms. The molecule has 1 aromatic heterocycles. The van der Waals surface area contributed by atoms with E-state index < -0.39 is 0 Å². The molecule has 3 rings (SSSR count). The van der Waals surface area contributed by atoms with Gasteiger partial charge in [-0.05, 0) is 29.8 Å². The van der Waals surface area contributed by atoms with Gasteiger partial charge in [0.15, 0.2) is 0 Å². The van der Waals surface area contributed by atoms with Gasteiger partial charge in [0.25, 0.3) is 0 Å². The smallest absolute Gasteiger partial charge is 0.128 e. The molecular formula is C16H12Cl2N2. The van der Waals surface area contributed by atoms with Crippen molar-refractivity contribution in [2.75, 3.05) is 5.32 Å². The van der Waals surface area contributed by atoms with Crippen LogP contribution in [0.5, 0.6) is 0 Å². The summed E-state index contributed by atoms with van der Waals surface area (Å²) in [5, 5.41) is 5.68. The summed E-state index contributed by atoms with van der Waals surface area (Å²) in [7, 11) is 0. The highest BCUT2D eigenvalue weighted by atomic mass is 35.5. The standard InChI is InChI=1S/C16H12Cl2N2/c17-12-7-5-11(6-8-12)10-19-16-9-14(18)13-3-1-2-4-15(13)20-16/h1-9H,10H2,(H,19,20). The van der Waals surface area contributed by atoms with E-state index in [9.17, 15) is 0 Å². The SMILES string of the molecule is Clc1ccc(CNc2cc(Cl)c3ccccc3n2)cc1. The summed E-state index contributed by atoms with van der Waals surface area (Å²) >= 11 is 12.1. The molecule has 0 saturated heterocycles. The number of pyridine rings is 1. The number of hydrogen-bond donors (Lipinski definition) is 1. The Hall–Kier alpha value is -1.77. The van der Waals surface area contributed by atoms with E-state index in [0.29, 0.717) is 11.6 Å². The fraction of sp³-hybridized carbons (Fsp3) is 0.0625. The first-order valence-corrected chi connectivity index (χ1v) is 7.01. The molecule has 2 aromatic carbocycles. The molecule has 0 aliphatic heterocycles. The molecule has 0 unspecified atom stereocenters. The van der Waals surface area contributed by atoms with E-state index in [1.165, 1.54) is 0 Å². The third-order valence-electron chi connectivity index (χ3n) is 3.05. The number of rotatable bonds is 3. The lowest BCUT2D eigenvalue weighted by molar-refractivity contribution is 1.12. The van der Waals surface area contributed by atoms with Gasteiger partial charge in [0, 0.05) is 17.0 Å². The molecule has 20 heavy (non-hydrogen) atoms. The monoisotopic (exact) mass is 302 g/mol. The molecule has 0 spiro atoms. The Labute approximate surface area is 127 Å². The quantitative estimate of drug-likeness (QED) is 0.723. The molecule has 0 amide bonds. The normalized spacial score (nSPS) is 10.7. The average molecular weight is 303 g/mol. The van der Waals surface area contributed by atoms with Crippen molar-refractivity contribution in [2.24, 2.45) is 0 Å². The van der Waals surface area contributed by atoms with Gasteiger partial charge in [-0.2, -0.15) is 0 Å². The van der Waals surface area contributed by atoms with Crippen molar-refractivity contribution < 1.29 is 0 Å². The van der Waals surface area contributed by atoms with Crippen molar-refractivity contribution in [3.8, 4) is 0 Å². The van der Waals surface area contributed by atoms with Crippen LogP contribution in [0.1, 0.15) is 5.56 Å². The van der Waals surface area contributed by atoms with Crippen LogP contribution < -0.4 is 5.32 Å². The maximum Gasteiger partial charge on any atom is 0.128 e. The molecule has 2 nitrogen and oxygen atoms in total. The van der Waals surface area contributed by atoms with E-state index in [1.807, 2.05) is 54.6 Å². The summed E-state index contributed by atoms with van der Waals surface area (Å²) in [5.41, 5.74) is 2.03. The number of anilines is 1. The summed E-state index contributed by atoms with van der Waals surface area (Å²) in [4.78, 5) is 4.55. The third kappa shape index (κ3) is 2.87. The first-order valence-electron chi connectivity index (χ1n) is 6.26. The van der Waals surface area contributed by atoms with Crippen LogP contribution in [-0.2, 0) is 6.54 Å². The zero-order valence-corrected chi connectivity index (χ0v) is 12.1. The Kier molecular flexibility index (Phi) is 3.77. The topological polar surface area (TPSA) is 24.9 Å². The average Bonchev–Trinajstić information content (AvgIpc) is 2.47. The van der Waals surface area contributed by atoms with Crippen LogP contribution in [0.4, 0.5) is 5.82 Å². The highest BCUT2D eigenvalue weighted by Gasteiger charge is 2.03. The Bertz CT molecular complexity index is 739. The summed E-state index contributed by atoms with van der Waals surface area (Å²) in [5.74, 6) is 0.767. The minimum absolute atomic E-state index is 0.679. The van der Waals surface area contributed by atoms with E-state index in [1.54, 1.807) is 0 Å². The molecule has 0 fully saturated rings. The molecule has 3 aromatic rings. The van der Waals surface area contributed by atoms with E-state index in [-0.39, 0.29) is 0 Å². The number of halogens is 2. The van der Waals surface area contributed by atoms with Crippen LogP contribution in [0.25, 0.3) is 10.9 Å². The van der Waals surface area contributed by atoms with Gasteiger partial charge in [-0.3, -0.25) is 0 Å². The number of aromatic nitrogens is 1. The predicted molar refractivity (Wildman–Crippen MR) is 85.5 cm³/mol. The second-order valence-electron chi connectivity index (χ2n) is 4.49. The predicted octanol–water partition coefficient (Wildman–Crippen LogP) is 5.15. The molecule has 4 heteroatoms. The van der Waals surface area contributed by atoms with Crippen molar-refractivity contribution in [3.63, 3.8) is 0 Å². The van der Waals surface area contributed by atoms with E-state index in [0.717, 1.165) is 27.3 Å². The van der Waals surface area contributed by atoms with Gasteiger partial charge in [-0.15, -0.1) is 0 Å². The van der Waals surface area contributed by atoms with Crippen LogP contribution in [-0.4, -0.2) is 4.98 Å². The lowest BCUT2D eigenvalue weighted by atomic mass is 10.2. The Morgan fingerprint density at radius 3 is 2.50 bits per heavy atom. The number of hydrogen-bond acceptors (Lipinski definition) is 2. The van der Waals surface area contributed by atoms with Crippen LogP contribution in [0.2, 0.25) is 10.0 Å².